The molecular weight excluding hydrogens is 282 g/mol. The molecule has 0 radical (unpaired) electrons. The van der Waals surface area contributed by atoms with Crippen molar-refractivity contribution >= 4 is 12.1 Å². The molecule has 0 fully saturated rings. The molecule has 0 saturated heterocycles. The first-order valence-electron chi connectivity index (χ1n) is 7.27. The molecule has 122 valence electrons. The van der Waals surface area contributed by atoms with Gasteiger partial charge in [-0.25, -0.2) is 9.59 Å². The fraction of sp³-hybridized carbons (Fsp3) is 0.529. The van der Waals surface area contributed by atoms with Crippen LogP contribution in [0, 0.1) is 5.41 Å². The third-order valence-corrected chi connectivity index (χ3v) is 3.19. The highest BCUT2D eigenvalue weighted by Gasteiger charge is 2.37. The van der Waals surface area contributed by atoms with Gasteiger partial charge in [-0.15, -0.1) is 0 Å². The van der Waals surface area contributed by atoms with E-state index in [1.807, 2.05) is 44.2 Å². The summed E-state index contributed by atoms with van der Waals surface area (Å²) < 4.78 is 5.15. The molecule has 5 nitrogen and oxygen atoms in total. The summed E-state index contributed by atoms with van der Waals surface area (Å²) in [6.07, 6.45) is -0.193. The Balaban J connectivity index is 2.85. The van der Waals surface area contributed by atoms with Crippen LogP contribution >= 0.6 is 0 Å². The lowest BCUT2D eigenvalue weighted by molar-refractivity contribution is -0.142. The van der Waals surface area contributed by atoms with Crippen molar-refractivity contribution < 1.29 is 19.4 Å². The first-order chi connectivity index (χ1) is 10.0. The summed E-state index contributed by atoms with van der Waals surface area (Å²) in [5.74, 6) is -1.08. The molecule has 5 heteroatoms. The summed E-state index contributed by atoms with van der Waals surface area (Å²) in [6, 6.07) is 8.56. The Bertz CT molecular complexity index is 517. The zero-order chi connectivity index (χ0) is 17.0. The summed E-state index contributed by atoms with van der Waals surface area (Å²) in [6.45, 7) is 8.83. The van der Waals surface area contributed by atoms with E-state index in [2.05, 4.69) is 5.32 Å². The van der Waals surface area contributed by atoms with Gasteiger partial charge in [-0.3, -0.25) is 0 Å². The number of hydrogen-bond donors (Lipinski definition) is 2. The molecule has 1 aromatic rings. The minimum Gasteiger partial charge on any atom is -0.480 e. The minimum absolute atomic E-state index is 0.528. The third-order valence-electron chi connectivity index (χ3n) is 3.19. The molecule has 1 unspecified atom stereocenters. The van der Waals surface area contributed by atoms with E-state index in [9.17, 15) is 14.7 Å². The van der Waals surface area contributed by atoms with E-state index in [4.69, 9.17) is 4.74 Å². The van der Waals surface area contributed by atoms with Crippen LogP contribution in [0.15, 0.2) is 30.3 Å². The fourth-order valence-corrected chi connectivity index (χ4v) is 2.24. The van der Waals surface area contributed by atoms with Crippen LogP contribution in [0.3, 0.4) is 0 Å². The summed E-state index contributed by atoms with van der Waals surface area (Å²) in [4.78, 5) is 23.4. The van der Waals surface area contributed by atoms with Crippen LogP contribution in [0.4, 0.5) is 4.79 Å². The van der Waals surface area contributed by atoms with Crippen LogP contribution in [0.25, 0.3) is 0 Å². The van der Waals surface area contributed by atoms with E-state index in [1.165, 1.54) is 0 Å². The van der Waals surface area contributed by atoms with E-state index in [-0.39, 0.29) is 0 Å². The summed E-state index contributed by atoms with van der Waals surface area (Å²) in [5.41, 5.74) is -0.314. The van der Waals surface area contributed by atoms with Crippen LogP contribution in [0.1, 0.15) is 40.2 Å². The Labute approximate surface area is 131 Å². The predicted molar refractivity (Wildman–Crippen MR) is 84.7 cm³/mol. The lowest BCUT2D eigenvalue weighted by Crippen LogP contribution is -2.52. The van der Waals surface area contributed by atoms with Gasteiger partial charge in [0.05, 0.1) is 0 Å². The highest BCUT2D eigenvalue weighted by atomic mass is 16.6. The van der Waals surface area contributed by atoms with E-state index in [1.54, 1.807) is 20.8 Å². The zero-order valence-corrected chi connectivity index (χ0v) is 13.8. The normalized spacial score (nSPS) is 13.3. The van der Waals surface area contributed by atoms with Gasteiger partial charge >= 0.3 is 12.1 Å². The second-order valence-electron chi connectivity index (χ2n) is 7.07. The second kappa shape index (κ2) is 6.81. The molecule has 2 N–H and O–H groups in total. The summed E-state index contributed by atoms with van der Waals surface area (Å²) >= 11 is 0. The lowest BCUT2D eigenvalue weighted by atomic mass is 9.79. The Kier molecular flexibility index (Phi) is 5.58. The number of rotatable bonds is 5. The molecule has 0 aromatic heterocycles. The van der Waals surface area contributed by atoms with Gasteiger partial charge in [0, 0.05) is 0 Å². The largest absolute Gasteiger partial charge is 0.480 e. The molecule has 1 amide bonds. The smallest absolute Gasteiger partial charge is 0.408 e. The summed E-state index contributed by atoms with van der Waals surface area (Å²) in [7, 11) is 0. The maximum atomic E-state index is 11.9. The Morgan fingerprint density at radius 1 is 1.14 bits per heavy atom. The zero-order valence-electron chi connectivity index (χ0n) is 13.8. The number of carbonyl (C=O) groups is 2. The first-order valence-corrected chi connectivity index (χ1v) is 7.27. The number of ether oxygens (including phenoxy) is 1. The minimum atomic E-state index is -1.08. The van der Waals surface area contributed by atoms with Gasteiger partial charge in [-0.2, -0.15) is 0 Å². The van der Waals surface area contributed by atoms with Crippen LogP contribution in [0.5, 0.6) is 0 Å². The van der Waals surface area contributed by atoms with Crippen LogP contribution in [0.2, 0.25) is 0 Å². The van der Waals surface area contributed by atoms with Crippen molar-refractivity contribution in [3.63, 3.8) is 0 Å². The number of carbonyl (C=O) groups excluding carboxylic acids is 1. The number of nitrogens with one attached hydrogen (secondary N) is 1. The highest BCUT2D eigenvalue weighted by molar-refractivity contribution is 5.80. The van der Waals surface area contributed by atoms with E-state index >= 15 is 0 Å². The lowest BCUT2D eigenvalue weighted by Gasteiger charge is -2.32. The number of alkyl carbamates (subject to hydrolysis) is 1. The molecule has 1 atom stereocenters. The predicted octanol–water partition coefficient (Wildman–Crippen LogP) is 3.23. The van der Waals surface area contributed by atoms with Crippen molar-refractivity contribution in [2.45, 2.75) is 52.7 Å². The maximum Gasteiger partial charge on any atom is 0.408 e. The van der Waals surface area contributed by atoms with E-state index in [0.29, 0.717) is 6.42 Å². The number of hydrogen-bond acceptors (Lipinski definition) is 3. The van der Waals surface area contributed by atoms with Crippen LogP contribution in [-0.2, 0) is 16.0 Å². The second-order valence-corrected chi connectivity index (χ2v) is 7.07. The van der Waals surface area contributed by atoms with Gasteiger partial charge < -0.3 is 15.2 Å². The van der Waals surface area contributed by atoms with Crippen molar-refractivity contribution in [1.29, 1.82) is 0 Å². The van der Waals surface area contributed by atoms with Crippen LogP contribution in [-0.4, -0.2) is 28.8 Å². The molecule has 0 aliphatic rings. The van der Waals surface area contributed by atoms with E-state index in [0.717, 1.165) is 5.56 Å². The van der Waals surface area contributed by atoms with Gasteiger partial charge in [-0.05, 0) is 38.2 Å². The maximum absolute atomic E-state index is 11.9. The van der Waals surface area contributed by atoms with Crippen molar-refractivity contribution in [2.75, 3.05) is 0 Å². The Morgan fingerprint density at radius 3 is 2.14 bits per heavy atom. The number of carboxylic acids is 1. The molecule has 1 rings (SSSR count). The van der Waals surface area contributed by atoms with Gasteiger partial charge in [0.2, 0.25) is 0 Å². The molecular formula is C17H25NO4. The SMILES string of the molecule is CC(C)(C)OC(=O)NC(C(=O)O)C(C)(C)Cc1ccccc1. The Morgan fingerprint density at radius 2 is 1.68 bits per heavy atom. The fourth-order valence-electron chi connectivity index (χ4n) is 2.24. The average Bonchev–Trinajstić information content (AvgIpc) is 2.34. The average molecular weight is 307 g/mol. The van der Waals surface area contributed by atoms with Gasteiger partial charge in [0.25, 0.3) is 0 Å². The van der Waals surface area contributed by atoms with Crippen molar-refractivity contribution in [3.8, 4) is 0 Å². The molecule has 0 aliphatic carbocycles. The molecule has 1 aromatic carbocycles. The quantitative estimate of drug-likeness (QED) is 0.875. The van der Waals surface area contributed by atoms with Gasteiger partial charge in [0.15, 0.2) is 0 Å². The van der Waals surface area contributed by atoms with Crippen LogP contribution < -0.4 is 5.32 Å². The molecule has 22 heavy (non-hydrogen) atoms. The van der Waals surface area contributed by atoms with E-state index < -0.39 is 29.1 Å². The van der Waals surface area contributed by atoms with Crippen molar-refractivity contribution in [1.82, 2.24) is 5.32 Å². The molecule has 0 bridgehead atoms. The first kappa shape index (κ1) is 18.0. The number of amides is 1. The van der Waals surface area contributed by atoms with Crippen molar-refractivity contribution in [2.24, 2.45) is 5.41 Å². The molecule has 0 heterocycles. The highest BCUT2D eigenvalue weighted by Crippen LogP contribution is 2.27. The third kappa shape index (κ3) is 5.76. The Hall–Kier alpha value is -2.04. The van der Waals surface area contributed by atoms with Gasteiger partial charge in [-0.1, -0.05) is 44.2 Å². The molecule has 0 aliphatic heterocycles. The summed E-state index contributed by atoms with van der Waals surface area (Å²) in [5, 5.41) is 11.9. The van der Waals surface area contributed by atoms with Gasteiger partial charge in [0.1, 0.15) is 11.6 Å². The number of benzene rings is 1. The standard InChI is InChI=1S/C17H25NO4/c1-16(2,3)22-15(21)18-13(14(19)20)17(4,5)11-12-9-7-6-8-10-12/h6-10,13H,11H2,1-5H3,(H,18,21)(H,19,20). The topological polar surface area (TPSA) is 75.6 Å². The monoisotopic (exact) mass is 307 g/mol. The van der Waals surface area contributed by atoms with Crippen molar-refractivity contribution in [3.05, 3.63) is 35.9 Å². The number of aliphatic carboxylic acids is 1. The number of carboxylic acid groups (broad SMARTS) is 1. The molecule has 0 spiro atoms. The molecule has 0 saturated carbocycles.